The third-order valence-corrected chi connectivity index (χ3v) is 2.52. The summed E-state index contributed by atoms with van der Waals surface area (Å²) in [5.41, 5.74) is -0.479. The van der Waals surface area contributed by atoms with Gasteiger partial charge in [-0.3, -0.25) is 0 Å². The van der Waals surface area contributed by atoms with Gasteiger partial charge >= 0.3 is 6.09 Å². The largest absolute Gasteiger partial charge is 0.491 e. The summed E-state index contributed by atoms with van der Waals surface area (Å²) in [6.07, 6.45) is -0.432. The highest BCUT2D eigenvalue weighted by atomic mass is 79.9. The number of hydrogen-bond donors (Lipinski definition) is 1. The molecule has 1 aromatic carbocycles. The number of para-hydroxylation sites is 1. The van der Waals surface area contributed by atoms with Crippen molar-refractivity contribution in [3.63, 3.8) is 0 Å². The fourth-order valence-electron chi connectivity index (χ4n) is 1.19. The van der Waals surface area contributed by atoms with Gasteiger partial charge < -0.3 is 14.8 Å². The van der Waals surface area contributed by atoms with Gasteiger partial charge in [0.2, 0.25) is 0 Å². The first-order chi connectivity index (χ1) is 8.38. The molecule has 0 saturated heterocycles. The summed E-state index contributed by atoms with van der Waals surface area (Å²) in [4.78, 5) is 11.3. The predicted molar refractivity (Wildman–Crippen MR) is 73.9 cm³/mol. The first kappa shape index (κ1) is 14.8. The summed E-state index contributed by atoms with van der Waals surface area (Å²) in [6.45, 7) is 6.26. The highest BCUT2D eigenvalue weighted by Gasteiger charge is 2.15. The van der Waals surface area contributed by atoms with Crippen LogP contribution in [-0.4, -0.2) is 24.8 Å². The van der Waals surface area contributed by atoms with E-state index in [1.54, 1.807) is 0 Å². The lowest BCUT2D eigenvalue weighted by atomic mass is 10.2. The maximum Gasteiger partial charge on any atom is 0.407 e. The molecule has 0 bridgehead atoms. The van der Waals surface area contributed by atoms with Crippen molar-refractivity contribution in [3.8, 4) is 5.75 Å². The molecule has 1 amide bonds. The van der Waals surface area contributed by atoms with Gasteiger partial charge in [0.05, 0.1) is 11.0 Å². The summed E-state index contributed by atoms with van der Waals surface area (Å²) in [7, 11) is 0. The van der Waals surface area contributed by atoms with Gasteiger partial charge in [-0.25, -0.2) is 4.79 Å². The Morgan fingerprint density at radius 2 is 2.00 bits per heavy atom. The highest BCUT2D eigenvalue weighted by Crippen LogP contribution is 2.23. The van der Waals surface area contributed by atoms with Crippen molar-refractivity contribution in [2.45, 2.75) is 26.4 Å². The molecular weight excluding hydrogens is 298 g/mol. The molecule has 0 heterocycles. The lowest BCUT2D eigenvalue weighted by Gasteiger charge is -2.19. The van der Waals surface area contributed by atoms with Crippen molar-refractivity contribution in [1.82, 2.24) is 5.32 Å². The Hall–Kier alpha value is -1.23. The molecular formula is C13H18BrNO3. The molecule has 0 aliphatic heterocycles. The number of amides is 1. The van der Waals surface area contributed by atoms with Crippen LogP contribution in [0.15, 0.2) is 28.7 Å². The smallest absolute Gasteiger partial charge is 0.407 e. The number of alkyl carbamates (subject to hydrolysis) is 1. The van der Waals surface area contributed by atoms with Gasteiger partial charge in [-0.05, 0) is 48.8 Å². The van der Waals surface area contributed by atoms with Crippen LogP contribution in [-0.2, 0) is 4.74 Å². The molecule has 0 atom stereocenters. The Bertz CT molecular complexity index is 401. The second kappa shape index (κ2) is 6.64. The minimum atomic E-state index is -0.479. The van der Waals surface area contributed by atoms with Crippen molar-refractivity contribution < 1.29 is 14.3 Å². The van der Waals surface area contributed by atoms with Crippen molar-refractivity contribution in [1.29, 1.82) is 0 Å². The van der Waals surface area contributed by atoms with Crippen LogP contribution in [0.25, 0.3) is 0 Å². The Morgan fingerprint density at radius 1 is 1.33 bits per heavy atom. The quantitative estimate of drug-likeness (QED) is 0.867. The summed E-state index contributed by atoms with van der Waals surface area (Å²) < 4.78 is 11.5. The molecule has 0 radical (unpaired) electrons. The molecule has 5 heteroatoms. The van der Waals surface area contributed by atoms with Gasteiger partial charge in [0.15, 0.2) is 0 Å². The molecule has 1 aromatic rings. The van der Waals surface area contributed by atoms with Gasteiger partial charge in [-0.2, -0.15) is 0 Å². The van der Waals surface area contributed by atoms with E-state index in [2.05, 4.69) is 21.2 Å². The van der Waals surface area contributed by atoms with E-state index in [1.807, 2.05) is 45.0 Å². The van der Waals surface area contributed by atoms with E-state index in [-0.39, 0.29) is 0 Å². The number of nitrogens with one attached hydrogen (secondary N) is 1. The van der Waals surface area contributed by atoms with Crippen LogP contribution in [0.5, 0.6) is 5.75 Å². The van der Waals surface area contributed by atoms with Gasteiger partial charge in [-0.1, -0.05) is 12.1 Å². The van der Waals surface area contributed by atoms with Crippen molar-refractivity contribution in [2.75, 3.05) is 13.2 Å². The average Bonchev–Trinajstić information content (AvgIpc) is 2.24. The fraction of sp³-hybridized carbons (Fsp3) is 0.462. The minimum Gasteiger partial charge on any atom is -0.491 e. The lowest BCUT2D eigenvalue weighted by molar-refractivity contribution is 0.0520. The van der Waals surface area contributed by atoms with Crippen LogP contribution in [0.1, 0.15) is 20.8 Å². The standard InChI is InChI=1S/C13H18BrNO3/c1-13(2,3)18-12(16)15-8-9-17-11-7-5-4-6-10(11)14/h4-7H,8-9H2,1-3H3,(H,15,16). The molecule has 0 spiro atoms. The maximum atomic E-state index is 11.3. The number of ether oxygens (including phenoxy) is 2. The first-order valence-electron chi connectivity index (χ1n) is 5.73. The molecule has 1 N–H and O–H groups in total. The van der Waals surface area contributed by atoms with Crippen LogP contribution < -0.4 is 10.1 Å². The number of hydrogen-bond acceptors (Lipinski definition) is 3. The van der Waals surface area contributed by atoms with E-state index in [4.69, 9.17) is 9.47 Å². The van der Waals surface area contributed by atoms with Crippen LogP contribution in [0, 0.1) is 0 Å². The van der Waals surface area contributed by atoms with E-state index in [9.17, 15) is 4.79 Å². The van der Waals surface area contributed by atoms with Crippen molar-refractivity contribution in [2.24, 2.45) is 0 Å². The van der Waals surface area contributed by atoms with E-state index in [0.717, 1.165) is 10.2 Å². The second-order valence-corrected chi connectivity index (χ2v) is 5.56. The first-order valence-corrected chi connectivity index (χ1v) is 6.52. The molecule has 0 aliphatic rings. The monoisotopic (exact) mass is 315 g/mol. The third kappa shape index (κ3) is 5.91. The van der Waals surface area contributed by atoms with Crippen LogP contribution >= 0.6 is 15.9 Å². The Balaban J connectivity index is 2.23. The molecule has 100 valence electrons. The summed E-state index contributed by atoms with van der Waals surface area (Å²) >= 11 is 3.38. The molecule has 4 nitrogen and oxygen atoms in total. The molecule has 1 rings (SSSR count). The van der Waals surface area contributed by atoms with Crippen LogP contribution in [0.3, 0.4) is 0 Å². The summed E-state index contributed by atoms with van der Waals surface area (Å²) in [5.74, 6) is 0.753. The molecule has 18 heavy (non-hydrogen) atoms. The molecule has 0 aliphatic carbocycles. The predicted octanol–water partition coefficient (Wildman–Crippen LogP) is 3.35. The van der Waals surface area contributed by atoms with E-state index in [1.165, 1.54) is 0 Å². The van der Waals surface area contributed by atoms with Crippen molar-refractivity contribution in [3.05, 3.63) is 28.7 Å². The third-order valence-electron chi connectivity index (χ3n) is 1.86. The van der Waals surface area contributed by atoms with E-state index < -0.39 is 11.7 Å². The fourth-order valence-corrected chi connectivity index (χ4v) is 1.59. The van der Waals surface area contributed by atoms with Crippen LogP contribution in [0.2, 0.25) is 0 Å². The Labute approximate surface area is 116 Å². The minimum absolute atomic E-state index is 0.391. The Morgan fingerprint density at radius 3 is 2.61 bits per heavy atom. The topological polar surface area (TPSA) is 47.6 Å². The van der Waals surface area contributed by atoms with Gasteiger partial charge in [0, 0.05) is 0 Å². The molecule has 0 unspecified atom stereocenters. The SMILES string of the molecule is CC(C)(C)OC(=O)NCCOc1ccccc1Br. The zero-order valence-corrected chi connectivity index (χ0v) is 12.4. The summed E-state index contributed by atoms with van der Waals surface area (Å²) in [6, 6.07) is 7.56. The van der Waals surface area contributed by atoms with E-state index in [0.29, 0.717) is 13.2 Å². The number of carbonyl (C=O) groups excluding carboxylic acids is 1. The highest BCUT2D eigenvalue weighted by molar-refractivity contribution is 9.10. The average molecular weight is 316 g/mol. The Kier molecular flexibility index (Phi) is 5.47. The lowest BCUT2D eigenvalue weighted by Crippen LogP contribution is -2.34. The van der Waals surface area contributed by atoms with Gasteiger partial charge in [0.25, 0.3) is 0 Å². The zero-order valence-electron chi connectivity index (χ0n) is 10.8. The van der Waals surface area contributed by atoms with Crippen LogP contribution in [0.4, 0.5) is 4.79 Å². The second-order valence-electron chi connectivity index (χ2n) is 4.71. The van der Waals surface area contributed by atoms with Gasteiger partial charge in [0.1, 0.15) is 18.0 Å². The molecule has 0 fully saturated rings. The summed E-state index contributed by atoms with van der Waals surface area (Å²) in [5, 5.41) is 2.63. The van der Waals surface area contributed by atoms with Crippen molar-refractivity contribution >= 4 is 22.0 Å². The van der Waals surface area contributed by atoms with E-state index >= 15 is 0 Å². The van der Waals surface area contributed by atoms with Gasteiger partial charge in [-0.15, -0.1) is 0 Å². The maximum absolute atomic E-state index is 11.3. The number of benzene rings is 1. The molecule has 0 saturated carbocycles. The molecule has 0 aromatic heterocycles. The normalized spacial score (nSPS) is 10.9. The zero-order chi connectivity index (χ0) is 13.6. The number of halogens is 1. The number of rotatable bonds is 4. The number of carbonyl (C=O) groups is 1.